The fourth-order valence-electron chi connectivity index (χ4n) is 6.27. The molecule has 0 saturated heterocycles. The summed E-state index contributed by atoms with van der Waals surface area (Å²) in [6.07, 6.45) is 8.43. The summed E-state index contributed by atoms with van der Waals surface area (Å²) in [6, 6.07) is 51.9. The van der Waals surface area contributed by atoms with E-state index in [1.54, 1.807) is 0 Å². The molecular weight excluding hydrogens is 640 g/mol. The summed E-state index contributed by atoms with van der Waals surface area (Å²) in [5, 5.41) is 0. The number of benzene rings is 4. The molecule has 0 atom stereocenters. The van der Waals surface area contributed by atoms with Gasteiger partial charge < -0.3 is 9.97 Å². The molecule has 49 heavy (non-hydrogen) atoms. The number of rotatable bonds is 3. The minimum atomic E-state index is 0.900. The van der Waals surface area contributed by atoms with Crippen LogP contribution in [0, 0.1) is 0 Å². The van der Waals surface area contributed by atoms with E-state index in [2.05, 4.69) is 153 Å². The molecule has 235 valence electrons. The van der Waals surface area contributed by atoms with Crippen LogP contribution in [0.1, 0.15) is 22.8 Å². The van der Waals surface area contributed by atoms with Gasteiger partial charge in [0.1, 0.15) is 0 Å². The first-order chi connectivity index (χ1) is 24.2. The summed E-state index contributed by atoms with van der Waals surface area (Å²) in [6.45, 7) is 0. The first-order valence-corrected chi connectivity index (χ1v) is 16.7. The summed E-state index contributed by atoms with van der Waals surface area (Å²) in [7, 11) is 0. The first kappa shape index (κ1) is 30.3. The van der Waals surface area contributed by atoms with E-state index >= 15 is 0 Å². The second-order valence-electron chi connectivity index (χ2n) is 11.7. The number of aromatic nitrogens is 4. The fraction of sp³-hybridized carbons (Fsp3) is 0. The van der Waals surface area contributed by atoms with Crippen LogP contribution in [0.25, 0.3) is 79.8 Å². The molecule has 2 N–H and O–H groups in total. The quantitative estimate of drug-likeness (QED) is 0.184. The molecule has 4 nitrogen and oxygen atoms in total. The maximum absolute atomic E-state index is 5.27. The van der Waals surface area contributed by atoms with Gasteiger partial charge in [-0.25, -0.2) is 9.97 Å². The molecule has 2 aliphatic rings. The number of hydrogen-bond acceptors (Lipinski definition) is 2. The molecule has 7 aromatic rings. The van der Waals surface area contributed by atoms with Gasteiger partial charge in [0.2, 0.25) is 0 Å². The number of fused-ring (bicyclic) bond motifs is 8. The minimum absolute atomic E-state index is 0.900. The Morgan fingerprint density at radius 1 is 0.388 bits per heavy atom. The number of H-pyrrole nitrogens is 2. The third kappa shape index (κ3) is 6.46. The molecular formula is C44H31FeN4. The van der Waals surface area contributed by atoms with E-state index in [9.17, 15) is 0 Å². The van der Waals surface area contributed by atoms with Crippen molar-refractivity contribution in [1.29, 1.82) is 0 Å². The van der Waals surface area contributed by atoms with E-state index in [0.717, 1.165) is 82.7 Å². The van der Waals surface area contributed by atoms with Gasteiger partial charge in [0.15, 0.2) is 0 Å². The molecule has 5 heteroatoms. The summed E-state index contributed by atoms with van der Waals surface area (Å²) in [5.41, 5.74) is 14.2. The second-order valence-corrected chi connectivity index (χ2v) is 12.4. The van der Waals surface area contributed by atoms with Gasteiger partial charge in [0.25, 0.3) is 0 Å². The molecule has 8 bridgehead atoms. The van der Waals surface area contributed by atoms with Crippen LogP contribution in [0.3, 0.4) is 0 Å². The Labute approximate surface area is 293 Å². The Hall–Kier alpha value is -6.00. The predicted octanol–water partition coefficient (Wildman–Crippen LogP) is 10.5. The third-order valence-electron chi connectivity index (χ3n) is 8.49. The van der Waals surface area contributed by atoms with Crippen molar-refractivity contribution in [3.63, 3.8) is 0 Å². The predicted molar refractivity (Wildman–Crippen MR) is 201 cm³/mol. The standard InChI is InChI=1S/C38H26N4.C6H5.Fe/c1-4-10-25(11-5-1)36-30-18-16-28(39-30)24-29-17-19-31(40-29)37(26-12-6-2-7-13-26)33-21-23-35(42-33)38(27-14-8-3-9-15-27)34-22-20-32(36)41-34;1-2-4-6-5-3-1;/h1-24,39,42H;1-5H;. The van der Waals surface area contributed by atoms with E-state index in [1.165, 1.54) is 0 Å². The van der Waals surface area contributed by atoms with Gasteiger partial charge >= 0.3 is 50.8 Å². The molecule has 0 amide bonds. The van der Waals surface area contributed by atoms with Crippen LogP contribution in [-0.4, -0.2) is 19.9 Å². The third-order valence-corrected chi connectivity index (χ3v) is 8.86. The van der Waals surface area contributed by atoms with Crippen molar-refractivity contribution >= 4 is 50.8 Å². The number of aromatic amines is 2. The number of nitrogens with zero attached hydrogens (tertiary/aromatic N) is 2. The topological polar surface area (TPSA) is 57.4 Å². The Kier molecular flexibility index (Phi) is 8.43. The van der Waals surface area contributed by atoms with Crippen molar-refractivity contribution in [2.75, 3.05) is 0 Å². The SMILES string of the molecule is C1=Cc2nc1cc1ccc([nH]1)c(-c1ccccc1)c1nc(c(-c3ccccc3)c3ccc([nH]3)c2-c2ccccc2)C=C1.[Fe][c]1ccccc1. The molecule has 0 aliphatic carbocycles. The van der Waals surface area contributed by atoms with Gasteiger partial charge in [-0.3, -0.25) is 0 Å². The molecule has 4 aromatic carbocycles. The van der Waals surface area contributed by atoms with Gasteiger partial charge in [-0.2, -0.15) is 0 Å². The van der Waals surface area contributed by atoms with Crippen molar-refractivity contribution in [3.05, 3.63) is 174 Å². The summed E-state index contributed by atoms with van der Waals surface area (Å²) >= 11 is 3.72. The van der Waals surface area contributed by atoms with E-state index in [0.29, 0.717) is 0 Å². The van der Waals surface area contributed by atoms with Gasteiger partial charge in [-0.05, 0) is 71.3 Å². The zero-order valence-corrected chi connectivity index (χ0v) is 27.6. The first-order valence-electron chi connectivity index (χ1n) is 16.2. The van der Waals surface area contributed by atoms with Crippen molar-refractivity contribution in [2.45, 2.75) is 0 Å². The average molecular weight is 672 g/mol. The zero-order valence-electron chi connectivity index (χ0n) is 26.5. The van der Waals surface area contributed by atoms with Crippen molar-refractivity contribution in [3.8, 4) is 33.4 Å². The van der Waals surface area contributed by atoms with Crippen LogP contribution in [0.4, 0.5) is 0 Å². The van der Waals surface area contributed by atoms with Crippen LogP contribution in [0.5, 0.6) is 0 Å². The van der Waals surface area contributed by atoms with E-state index < -0.39 is 0 Å². The van der Waals surface area contributed by atoms with Crippen molar-refractivity contribution in [1.82, 2.24) is 19.9 Å². The molecule has 0 unspecified atom stereocenters. The van der Waals surface area contributed by atoms with Crippen LogP contribution < -0.4 is 4.46 Å². The molecule has 0 radical (unpaired) electrons. The molecule has 0 spiro atoms. The van der Waals surface area contributed by atoms with Gasteiger partial charge in [0.05, 0.1) is 22.8 Å². The molecule has 3 aromatic heterocycles. The summed E-state index contributed by atoms with van der Waals surface area (Å²) in [5.74, 6) is 0. The Bertz CT molecular complexity index is 2440. The fourth-order valence-corrected chi connectivity index (χ4v) is 6.49. The van der Waals surface area contributed by atoms with E-state index in [1.807, 2.05) is 48.5 Å². The van der Waals surface area contributed by atoms with Crippen LogP contribution >= 0.6 is 0 Å². The van der Waals surface area contributed by atoms with Crippen molar-refractivity contribution < 1.29 is 16.0 Å². The maximum atomic E-state index is 5.27. The molecule has 2 aliphatic heterocycles. The zero-order chi connectivity index (χ0) is 33.0. The Morgan fingerprint density at radius 3 is 1.27 bits per heavy atom. The van der Waals surface area contributed by atoms with Gasteiger partial charge in [-0.1, -0.05) is 91.0 Å². The van der Waals surface area contributed by atoms with Crippen LogP contribution in [-0.2, 0) is 16.0 Å². The van der Waals surface area contributed by atoms with Gasteiger partial charge in [0, 0.05) is 38.8 Å². The number of nitrogens with one attached hydrogen (secondary N) is 2. The van der Waals surface area contributed by atoms with Gasteiger partial charge in [-0.15, -0.1) is 0 Å². The average Bonchev–Trinajstić information content (AvgIpc) is 3.98. The summed E-state index contributed by atoms with van der Waals surface area (Å²) < 4.78 is 1.07. The van der Waals surface area contributed by atoms with Crippen molar-refractivity contribution in [2.24, 2.45) is 0 Å². The van der Waals surface area contributed by atoms with Crippen LogP contribution in [0.2, 0.25) is 0 Å². The normalized spacial score (nSPS) is 11.6. The monoisotopic (exact) mass is 671 g/mol. The number of hydrogen-bond donors (Lipinski definition) is 2. The molecule has 9 rings (SSSR count). The van der Waals surface area contributed by atoms with Crippen LogP contribution in [0.15, 0.2) is 152 Å². The molecule has 0 fully saturated rings. The van der Waals surface area contributed by atoms with E-state index in [4.69, 9.17) is 9.97 Å². The second kappa shape index (κ2) is 13.6. The Balaban J connectivity index is 0.000000446. The summed E-state index contributed by atoms with van der Waals surface area (Å²) in [4.78, 5) is 17.7. The molecule has 0 saturated carbocycles. The molecule has 5 heterocycles. The van der Waals surface area contributed by atoms with E-state index in [-0.39, 0.29) is 0 Å². The Morgan fingerprint density at radius 2 is 0.796 bits per heavy atom.